The molecule has 0 saturated carbocycles. The van der Waals surface area contributed by atoms with Gasteiger partial charge in [-0.25, -0.2) is 48.3 Å². The van der Waals surface area contributed by atoms with Crippen molar-refractivity contribution in [2.24, 2.45) is 11.7 Å². The number of amides is 2. The van der Waals surface area contributed by atoms with Gasteiger partial charge in [0.25, 0.3) is 0 Å². The predicted octanol–water partition coefficient (Wildman–Crippen LogP) is 9.36. The topological polar surface area (TPSA) is 171 Å². The van der Waals surface area contributed by atoms with Crippen LogP contribution in [0.5, 0.6) is 0 Å². The molecule has 2 saturated heterocycles. The Kier molecular flexibility index (Phi) is 15.1. The second kappa shape index (κ2) is 20.1. The Labute approximate surface area is 378 Å². The molecule has 0 aromatic carbocycles. The third kappa shape index (κ3) is 13.4. The van der Waals surface area contributed by atoms with E-state index >= 15 is 0 Å². The molecule has 0 radical (unpaired) electrons. The van der Waals surface area contributed by atoms with Gasteiger partial charge in [0.2, 0.25) is 0 Å². The van der Waals surface area contributed by atoms with Gasteiger partial charge >= 0.3 is 12.2 Å². The van der Waals surface area contributed by atoms with Crippen LogP contribution in [0.3, 0.4) is 0 Å². The minimum Gasteiger partial charge on any atom is -0.444 e. The summed E-state index contributed by atoms with van der Waals surface area (Å²) in [5.41, 5.74) is 7.89. The average Bonchev–Trinajstić information content (AvgIpc) is 3.81. The van der Waals surface area contributed by atoms with Crippen LogP contribution in [0.4, 0.5) is 18.4 Å². The molecule has 6 aromatic heterocycles. The van der Waals surface area contributed by atoms with Gasteiger partial charge in [0.15, 0.2) is 11.6 Å². The van der Waals surface area contributed by atoms with Crippen LogP contribution in [0.25, 0.3) is 34.3 Å². The zero-order chi connectivity index (χ0) is 45.6. The van der Waals surface area contributed by atoms with E-state index in [1.807, 2.05) is 41.5 Å². The Balaban J connectivity index is 0.000000174. The molecule has 2 atom stereocenters. The van der Waals surface area contributed by atoms with E-state index in [9.17, 15) is 18.4 Å². The van der Waals surface area contributed by atoms with E-state index in [1.54, 1.807) is 38.6 Å². The molecule has 2 fully saturated rings. The predicted molar refractivity (Wildman–Crippen MR) is 237 cm³/mol. The number of piperidine rings is 2. The van der Waals surface area contributed by atoms with Crippen molar-refractivity contribution >= 4 is 58.3 Å². The zero-order valence-electron chi connectivity index (χ0n) is 35.9. The summed E-state index contributed by atoms with van der Waals surface area (Å²) in [6.07, 6.45) is 9.78. The van der Waals surface area contributed by atoms with Gasteiger partial charge in [-0.3, -0.25) is 8.80 Å². The number of hydrogen-bond donors (Lipinski definition) is 1. The van der Waals surface area contributed by atoms with Gasteiger partial charge in [0.1, 0.15) is 61.0 Å². The molecule has 336 valence electrons. The van der Waals surface area contributed by atoms with Crippen molar-refractivity contribution in [3.8, 4) is 23.0 Å². The number of ether oxygens (including phenoxy) is 2. The summed E-state index contributed by atoms with van der Waals surface area (Å²) in [4.78, 5) is 53.0. The maximum absolute atomic E-state index is 13.7. The number of rotatable bonds is 4. The highest BCUT2D eigenvalue weighted by Gasteiger charge is 2.29. The highest BCUT2D eigenvalue weighted by Crippen LogP contribution is 2.26. The third-order valence-corrected chi connectivity index (χ3v) is 10.2. The molecule has 8 heterocycles. The molecule has 8 rings (SSSR count). The van der Waals surface area contributed by atoms with Gasteiger partial charge in [-0.05, 0) is 110 Å². The van der Waals surface area contributed by atoms with Crippen molar-refractivity contribution in [1.29, 1.82) is 0 Å². The number of imidazole rings is 2. The van der Waals surface area contributed by atoms with Crippen LogP contribution in [0.1, 0.15) is 72.9 Å². The lowest BCUT2D eigenvalue weighted by atomic mass is 9.93. The Morgan fingerprint density at radius 2 is 1.16 bits per heavy atom. The minimum absolute atomic E-state index is 0.108. The highest BCUT2D eigenvalue weighted by atomic mass is 35.5. The normalized spacial score (nSPS) is 16.8. The van der Waals surface area contributed by atoms with Crippen LogP contribution in [-0.4, -0.2) is 104 Å². The van der Waals surface area contributed by atoms with Gasteiger partial charge in [-0.1, -0.05) is 34.8 Å². The standard InChI is InChI=1S/C22H25ClFN5O2.C11H5Cl2FN4.C10H20N2O2/c1-22(2,3)31-21(30)28-8-4-5-14(12-28)9-16-10-18(23)27-20(26-16)17-11-25-19-7-6-15(24)13-29(17)19;12-8-3-9(13)17-11(16-8)7-4-15-10-2-1-6(14)5-18(7)10;1-10(2,3)14-9(13)12-6-4-5-8(11)7-12/h6-7,10-11,13-14H,4-5,8-9,12H2,1-3H3;1-5H;8H,4-7,11H2,1-3H3/t14-;;8-/m0.1/s1. The van der Waals surface area contributed by atoms with Crippen molar-refractivity contribution < 1.29 is 27.8 Å². The fraction of sp³-hybridized carbons (Fsp3) is 0.442. The number of carbonyl (C=O) groups is 2. The van der Waals surface area contributed by atoms with E-state index in [1.165, 1.54) is 41.2 Å². The molecule has 2 aliphatic heterocycles. The van der Waals surface area contributed by atoms with E-state index in [4.69, 9.17) is 50.0 Å². The van der Waals surface area contributed by atoms with Gasteiger partial charge in [0, 0.05) is 56.4 Å². The number of nitrogens with two attached hydrogens (primary N) is 1. The maximum atomic E-state index is 13.7. The lowest BCUT2D eigenvalue weighted by Gasteiger charge is -2.34. The highest BCUT2D eigenvalue weighted by molar-refractivity contribution is 6.33. The number of carbonyl (C=O) groups excluding carboxylic acids is 2. The second-order valence-corrected chi connectivity index (χ2v) is 18.4. The molecule has 2 aliphatic rings. The van der Waals surface area contributed by atoms with Gasteiger partial charge < -0.3 is 25.0 Å². The molecule has 0 unspecified atom stereocenters. The number of pyridine rings is 2. The van der Waals surface area contributed by atoms with Gasteiger partial charge in [-0.15, -0.1) is 0 Å². The van der Waals surface area contributed by atoms with Crippen LogP contribution < -0.4 is 5.73 Å². The third-order valence-electron chi connectivity index (χ3n) is 9.59. The number of halogens is 5. The van der Waals surface area contributed by atoms with Crippen LogP contribution in [0.15, 0.2) is 61.2 Å². The molecule has 0 bridgehead atoms. The Hall–Kier alpha value is -5.23. The van der Waals surface area contributed by atoms with E-state index in [0.29, 0.717) is 65.5 Å². The summed E-state index contributed by atoms with van der Waals surface area (Å²) in [7, 11) is 0. The van der Waals surface area contributed by atoms with Crippen molar-refractivity contribution in [1.82, 2.24) is 48.5 Å². The number of hydrogen-bond acceptors (Lipinski definition) is 11. The van der Waals surface area contributed by atoms with Crippen LogP contribution in [0, 0.1) is 17.6 Å². The SMILES string of the molecule is CC(C)(C)OC(=O)N1CCC[C@@H](Cc2cc(Cl)nc(-c3cnc4ccc(F)cn34)n2)C1.CC(C)(C)OC(=O)N1CCC[C@@H](N)C1.Fc1ccc2ncc(-c3nc(Cl)cc(Cl)n3)n2c1. The summed E-state index contributed by atoms with van der Waals surface area (Å²) >= 11 is 17.9. The first-order valence-corrected chi connectivity index (χ1v) is 21.5. The molecule has 6 aromatic rings. The van der Waals surface area contributed by atoms with Gasteiger partial charge in [-0.2, -0.15) is 0 Å². The first-order chi connectivity index (χ1) is 29.7. The fourth-order valence-electron chi connectivity index (χ4n) is 6.95. The number of nitrogens with zero attached hydrogens (tertiary/aromatic N) is 10. The maximum Gasteiger partial charge on any atom is 0.410 e. The number of likely N-dealkylation sites (tertiary alicyclic amines) is 2. The number of aromatic nitrogens is 8. The fourth-order valence-corrected chi connectivity index (χ4v) is 7.58. The lowest BCUT2D eigenvalue weighted by Crippen LogP contribution is -2.47. The molecule has 0 aliphatic carbocycles. The monoisotopic (exact) mass is 927 g/mol. The van der Waals surface area contributed by atoms with Crippen LogP contribution in [0.2, 0.25) is 15.5 Å². The Morgan fingerprint density at radius 1 is 0.698 bits per heavy atom. The van der Waals surface area contributed by atoms with Crippen molar-refractivity contribution in [2.45, 2.75) is 90.9 Å². The first kappa shape index (κ1) is 47.3. The Bertz CT molecular complexity index is 2540. The molecule has 2 N–H and O–H groups in total. The second-order valence-electron chi connectivity index (χ2n) is 17.2. The summed E-state index contributed by atoms with van der Waals surface area (Å²) in [6.45, 7) is 13.9. The summed E-state index contributed by atoms with van der Waals surface area (Å²) in [5.74, 6) is 0.166. The number of fused-ring (bicyclic) bond motifs is 2. The zero-order valence-corrected chi connectivity index (χ0v) is 38.1. The van der Waals surface area contributed by atoms with Crippen molar-refractivity contribution in [2.75, 3.05) is 26.2 Å². The van der Waals surface area contributed by atoms with E-state index < -0.39 is 11.2 Å². The summed E-state index contributed by atoms with van der Waals surface area (Å²) in [5, 5.41) is 0.749. The van der Waals surface area contributed by atoms with E-state index in [-0.39, 0.29) is 46.1 Å². The molecule has 15 nitrogen and oxygen atoms in total. The smallest absolute Gasteiger partial charge is 0.410 e. The van der Waals surface area contributed by atoms with Gasteiger partial charge in [0.05, 0.1) is 12.4 Å². The molecular formula is C43H50Cl3F2N11O4. The van der Waals surface area contributed by atoms with Crippen molar-refractivity contribution in [3.05, 3.63) is 94.0 Å². The molecule has 63 heavy (non-hydrogen) atoms. The lowest BCUT2D eigenvalue weighted by molar-refractivity contribution is 0.0163. The molecular weight excluding hydrogens is 879 g/mol. The van der Waals surface area contributed by atoms with E-state index in [0.717, 1.165) is 37.9 Å². The minimum atomic E-state index is -0.521. The summed E-state index contributed by atoms with van der Waals surface area (Å²) < 4.78 is 40.9. The molecule has 0 spiro atoms. The summed E-state index contributed by atoms with van der Waals surface area (Å²) in [6, 6.07) is 9.12. The van der Waals surface area contributed by atoms with Crippen LogP contribution in [-0.2, 0) is 15.9 Å². The largest absolute Gasteiger partial charge is 0.444 e. The van der Waals surface area contributed by atoms with Crippen molar-refractivity contribution in [3.63, 3.8) is 0 Å². The average molecular weight is 929 g/mol. The molecule has 2 amide bonds. The first-order valence-electron chi connectivity index (χ1n) is 20.4. The quantitative estimate of drug-likeness (QED) is 0.167. The van der Waals surface area contributed by atoms with E-state index in [2.05, 4.69) is 29.9 Å². The molecule has 20 heteroatoms. The Morgan fingerprint density at radius 3 is 1.65 bits per heavy atom. The van der Waals surface area contributed by atoms with Crippen LogP contribution >= 0.6 is 34.8 Å².